The highest BCUT2D eigenvalue weighted by Crippen LogP contribution is 2.40. The van der Waals surface area contributed by atoms with Gasteiger partial charge in [0.1, 0.15) is 22.1 Å². The lowest BCUT2D eigenvalue weighted by Gasteiger charge is -2.41. The number of aliphatic hydroxyl groups is 2. The minimum Gasteiger partial charge on any atom is -0.435 e. The number of aryl methyl sites for hydroxylation is 1. The lowest BCUT2D eigenvalue weighted by molar-refractivity contribution is -0.0498. The number of β-amino-alcohol motifs (C(OH)–C–C–N with tert-alkyl or cyclic N) is 1. The quantitative estimate of drug-likeness (QED) is 0.554. The number of fused-ring (bicyclic) bond motifs is 1. The molecular formula is C22H26F2N4O4S. The topological polar surface area (TPSA) is 108 Å². The van der Waals surface area contributed by atoms with E-state index in [9.17, 15) is 23.2 Å². The molecule has 1 unspecified atom stereocenters. The van der Waals surface area contributed by atoms with E-state index in [1.807, 2.05) is 4.90 Å². The summed E-state index contributed by atoms with van der Waals surface area (Å²) in [5.41, 5.74) is -0.305. The van der Waals surface area contributed by atoms with Gasteiger partial charge >= 0.3 is 6.61 Å². The van der Waals surface area contributed by atoms with E-state index in [4.69, 9.17) is 0 Å². The summed E-state index contributed by atoms with van der Waals surface area (Å²) in [6, 6.07) is 6.00. The van der Waals surface area contributed by atoms with Crippen molar-refractivity contribution in [2.24, 2.45) is 0 Å². The van der Waals surface area contributed by atoms with Crippen molar-refractivity contribution in [1.82, 2.24) is 9.97 Å². The number of aliphatic hydroxyl groups excluding tert-OH is 1. The van der Waals surface area contributed by atoms with Gasteiger partial charge in [-0.3, -0.25) is 4.21 Å². The molecule has 1 aromatic heterocycles. The Balaban J connectivity index is 1.40. The van der Waals surface area contributed by atoms with Crippen molar-refractivity contribution in [3.63, 3.8) is 0 Å². The Labute approximate surface area is 192 Å². The summed E-state index contributed by atoms with van der Waals surface area (Å²) in [6.07, 6.45) is 3.65. The Hall–Kier alpha value is -2.37. The van der Waals surface area contributed by atoms with E-state index in [0.29, 0.717) is 47.4 Å². The molecule has 0 bridgehead atoms. The molecule has 1 saturated heterocycles. The zero-order valence-corrected chi connectivity index (χ0v) is 18.8. The molecule has 0 radical (unpaired) electrons. The van der Waals surface area contributed by atoms with Crippen LogP contribution in [0.5, 0.6) is 5.75 Å². The largest absolute Gasteiger partial charge is 0.435 e. The van der Waals surface area contributed by atoms with Crippen LogP contribution in [0.3, 0.4) is 0 Å². The molecule has 5 rings (SSSR count). The first-order valence-corrected chi connectivity index (χ1v) is 12.3. The Kier molecular flexibility index (Phi) is 5.74. The molecule has 11 heteroatoms. The second-order valence-electron chi connectivity index (χ2n) is 8.97. The summed E-state index contributed by atoms with van der Waals surface area (Å²) in [7, 11) is -1.19. The van der Waals surface area contributed by atoms with Crippen LogP contribution in [-0.2, 0) is 22.8 Å². The molecule has 2 atom stereocenters. The van der Waals surface area contributed by atoms with Gasteiger partial charge in [0.15, 0.2) is 0 Å². The van der Waals surface area contributed by atoms with Crippen molar-refractivity contribution in [3.05, 3.63) is 35.5 Å². The molecule has 2 aliphatic heterocycles. The molecule has 1 aromatic carbocycles. The maximum Gasteiger partial charge on any atom is 0.387 e. The molecule has 178 valence electrons. The predicted octanol–water partition coefficient (Wildman–Crippen LogP) is 2.17. The fourth-order valence-electron chi connectivity index (χ4n) is 4.73. The molecule has 3 aliphatic rings. The number of aromatic nitrogens is 2. The number of hydrogen-bond donors (Lipinski definition) is 3. The summed E-state index contributed by atoms with van der Waals surface area (Å²) in [4.78, 5) is 11.8. The average Bonchev–Trinajstić information content (AvgIpc) is 3.35. The normalized spacial score (nSPS) is 25.7. The van der Waals surface area contributed by atoms with E-state index < -0.39 is 28.6 Å². The molecule has 3 heterocycles. The van der Waals surface area contributed by atoms with Crippen LogP contribution < -0.4 is 15.0 Å². The minimum absolute atomic E-state index is 0.0253. The van der Waals surface area contributed by atoms with Gasteiger partial charge in [0, 0.05) is 18.7 Å². The first-order valence-electron chi connectivity index (χ1n) is 11.0. The molecule has 0 amide bonds. The second-order valence-corrected chi connectivity index (χ2v) is 10.5. The van der Waals surface area contributed by atoms with E-state index in [1.54, 1.807) is 12.1 Å². The summed E-state index contributed by atoms with van der Waals surface area (Å²) < 4.78 is 41.8. The third kappa shape index (κ3) is 4.17. The number of benzene rings is 1. The van der Waals surface area contributed by atoms with Gasteiger partial charge < -0.3 is 25.2 Å². The van der Waals surface area contributed by atoms with E-state index >= 15 is 0 Å². The molecule has 1 aliphatic carbocycles. The van der Waals surface area contributed by atoms with Crippen LogP contribution in [0, 0.1) is 0 Å². The van der Waals surface area contributed by atoms with Gasteiger partial charge in [-0.2, -0.15) is 13.8 Å². The lowest BCUT2D eigenvalue weighted by atomic mass is 9.77. The molecule has 1 saturated carbocycles. The van der Waals surface area contributed by atoms with E-state index in [0.717, 1.165) is 25.0 Å². The molecule has 3 N–H and O–H groups in total. The monoisotopic (exact) mass is 480 g/mol. The third-order valence-electron chi connectivity index (χ3n) is 6.82. The van der Waals surface area contributed by atoms with E-state index in [1.165, 1.54) is 12.1 Å². The maximum atomic E-state index is 12.6. The fourth-order valence-corrected chi connectivity index (χ4v) is 6.04. The number of ether oxygens (including phenoxy) is 1. The summed E-state index contributed by atoms with van der Waals surface area (Å²) in [5, 5.41) is 24.5. The maximum absolute atomic E-state index is 12.6. The van der Waals surface area contributed by atoms with Crippen molar-refractivity contribution < 1.29 is 27.9 Å². The van der Waals surface area contributed by atoms with Gasteiger partial charge in [0.25, 0.3) is 0 Å². The summed E-state index contributed by atoms with van der Waals surface area (Å²) in [5.74, 6) is 1.47. The SMILES string of the molecule is O=[S@]1CCc2nc(N3CCC(O)(c4ccc(OC(F)F)cc4)C3)nc(NC3(CO)CCC3)c21. The van der Waals surface area contributed by atoms with Crippen molar-refractivity contribution >= 4 is 22.6 Å². The number of nitrogens with one attached hydrogen (secondary N) is 1. The number of halogens is 2. The predicted molar refractivity (Wildman–Crippen MR) is 118 cm³/mol. The van der Waals surface area contributed by atoms with Crippen molar-refractivity contribution in [2.75, 3.05) is 35.7 Å². The van der Waals surface area contributed by atoms with Crippen molar-refractivity contribution in [2.45, 2.75) is 54.8 Å². The molecule has 0 spiro atoms. The molecule has 2 aromatic rings. The first kappa shape index (κ1) is 22.4. The van der Waals surface area contributed by atoms with Crippen LogP contribution >= 0.6 is 0 Å². The first-order chi connectivity index (χ1) is 15.8. The van der Waals surface area contributed by atoms with Crippen LogP contribution in [0.2, 0.25) is 0 Å². The average molecular weight is 481 g/mol. The van der Waals surface area contributed by atoms with Gasteiger partial charge in [0.05, 0.1) is 35.2 Å². The summed E-state index contributed by atoms with van der Waals surface area (Å²) >= 11 is 0. The van der Waals surface area contributed by atoms with Crippen LogP contribution in [-0.4, -0.2) is 62.0 Å². The van der Waals surface area contributed by atoms with Crippen molar-refractivity contribution in [3.8, 4) is 5.75 Å². The zero-order valence-electron chi connectivity index (χ0n) is 18.0. The van der Waals surface area contributed by atoms with Crippen molar-refractivity contribution in [1.29, 1.82) is 0 Å². The Bertz CT molecular complexity index is 1060. The standard InChI is InChI=1S/C22H26F2N4O4S/c23-19(24)32-15-4-2-14(3-5-15)22(30)9-10-28(12-22)20-25-16-6-11-33(31)17(16)18(26-20)27-21(13-29)7-1-8-21/h2-5,19,29-30H,1,6-13H2,(H,25,26,27)/t22?,33-/m0/s1. The zero-order chi connectivity index (χ0) is 23.2. The number of nitrogens with zero attached hydrogens (tertiary/aromatic N) is 3. The summed E-state index contributed by atoms with van der Waals surface area (Å²) in [6.45, 7) is -2.20. The fraction of sp³-hybridized carbons (Fsp3) is 0.545. The highest BCUT2D eigenvalue weighted by atomic mass is 32.2. The van der Waals surface area contributed by atoms with Gasteiger partial charge in [-0.15, -0.1) is 0 Å². The minimum atomic E-state index is -2.90. The van der Waals surface area contributed by atoms with Gasteiger partial charge in [-0.05, 0) is 43.4 Å². The number of alkyl halides is 2. The van der Waals surface area contributed by atoms with E-state index in [-0.39, 0.29) is 18.9 Å². The van der Waals surface area contributed by atoms with Gasteiger partial charge in [-0.25, -0.2) is 4.98 Å². The molecule has 2 fully saturated rings. The Morgan fingerprint density at radius 3 is 2.61 bits per heavy atom. The number of rotatable bonds is 7. The van der Waals surface area contributed by atoms with Crippen LogP contribution in [0.1, 0.15) is 36.9 Å². The smallest absolute Gasteiger partial charge is 0.387 e. The third-order valence-corrected chi connectivity index (χ3v) is 8.28. The molecule has 33 heavy (non-hydrogen) atoms. The Morgan fingerprint density at radius 1 is 1.21 bits per heavy atom. The van der Waals surface area contributed by atoms with Gasteiger partial charge in [-0.1, -0.05) is 12.1 Å². The highest BCUT2D eigenvalue weighted by molar-refractivity contribution is 7.85. The molecular weight excluding hydrogens is 454 g/mol. The lowest BCUT2D eigenvalue weighted by Crippen LogP contribution is -2.48. The second kappa shape index (κ2) is 8.44. The van der Waals surface area contributed by atoms with Crippen LogP contribution in [0.15, 0.2) is 29.2 Å². The van der Waals surface area contributed by atoms with Gasteiger partial charge in [0.2, 0.25) is 5.95 Å². The van der Waals surface area contributed by atoms with Crippen LogP contribution in [0.25, 0.3) is 0 Å². The number of anilines is 2. The van der Waals surface area contributed by atoms with Crippen LogP contribution in [0.4, 0.5) is 20.5 Å². The number of hydrogen-bond acceptors (Lipinski definition) is 8. The Morgan fingerprint density at radius 2 is 1.97 bits per heavy atom. The molecule has 8 nitrogen and oxygen atoms in total. The highest BCUT2D eigenvalue weighted by Gasteiger charge is 2.41. The van der Waals surface area contributed by atoms with E-state index in [2.05, 4.69) is 20.0 Å².